The van der Waals surface area contributed by atoms with E-state index in [0.717, 1.165) is 11.1 Å². The van der Waals surface area contributed by atoms with Gasteiger partial charge in [0.05, 0.1) is 0 Å². The Morgan fingerprint density at radius 3 is 2.45 bits per heavy atom. The van der Waals surface area contributed by atoms with E-state index in [1.54, 1.807) is 0 Å². The third-order valence-corrected chi connectivity index (χ3v) is 3.01. The molecule has 0 aromatic heterocycles. The number of benzene rings is 2. The molecule has 2 aromatic carbocycles. The van der Waals surface area contributed by atoms with Crippen LogP contribution in [-0.2, 0) is 11.3 Å². The Labute approximate surface area is 125 Å². The molecular weight excluding hydrogens is 272 g/mol. The van der Waals surface area contributed by atoms with Gasteiger partial charge in [-0.2, -0.15) is 0 Å². The Morgan fingerprint density at radius 1 is 1.15 bits per heavy atom. The van der Waals surface area contributed by atoms with Crippen LogP contribution in [0.15, 0.2) is 54.6 Å². The van der Waals surface area contributed by atoms with Gasteiger partial charge >= 0.3 is 0 Å². The first-order chi connectivity index (χ1) is 9.16. The molecule has 0 radical (unpaired) electrons. The monoisotopic (exact) mass is 290 g/mol. The van der Waals surface area contributed by atoms with E-state index in [0.29, 0.717) is 6.54 Å². The number of carbonyl (C=O) groups is 1. The quantitative estimate of drug-likeness (QED) is 0.889. The van der Waals surface area contributed by atoms with Gasteiger partial charge in [-0.1, -0.05) is 60.2 Å². The molecule has 3 N–H and O–H groups in total. The first-order valence-corrected chi connectivity index (χ1v) is 6.30. The minimum absolute atomic E-state index is 0. The summed E-state index contributed by atoms with van der Waals surface area (Å²) in [7, 11) is 0. The molecule has 2 aromatic rings. The molecule has 1 atom stereocenters. The highest BCUT2D eigenvalue weighted by Gasteiger charge is 2.16. The summed E-state index contributed by atoms with van der Waals surface area (Å²) in [4.78, 5) is 11.5. The fourth-order valence-electron chi connectivity index (χ4n) is 2.07. The van der Waals surface area contributed by atoms with Crippen molar-refractivity contribution in [2.45, 2.75) is 19.5 Å². The lowest BCUT2D eigenvalue weighted by atomic mass is 10.1. The van der Waals surface area contributed by atoms with E-state index in [1.807, 2.05) is 55.5 Å². The van der Waals surface area contributed by atoms with E-state index in [-0.39, 0.29) is 18.3 Å². The number of rotatable bonds is 5. The predicted octanol–water partition coefficient (Wildman–Crippen LogP) is 2.73. The highest BCUT2D eigenvalue weighted by Crippen LogP contribution is 2.13. The molecule has 20 heavy (non-hydrogen) atoms. The summed E-state index contributed by atoms with van der Waals surface area (Å²) >= 11 is 0. The molecule has 0 spiro atoms. The summed E-state index contributed by atoms with van der Waals surface area (Å²) in [5.74, 6) is -0.362. The van der Waals surface area contributed by atoms with Crippen molar-refractivity contribution >= 4 is 18.3 Å². The summed E-state index contributed by atoms with van der Waals surface area (Å²) in [6.45, 7) is 2.66. The number of nitrogens with two attached hydrogens (primary N) is 1. The number of nitrogens with one attached hydrogen (secondary N) is 1. The normalized spacial score (nSPS) is 11.4. The molecule has 1 amide bonds. The van der Waals surface area contributed by atoms with Crippen LogP contribution in [0.3, 0.4) is 0 Å². The molecule has 4 heteroatoms. The molecule has 0 heterocycles. The second-order valence-electron chi connectivity index (χ2n) is 4.62. The van der Waals surface area contributed by atoms with Gasteiger partial charge in [-0.3, -0.25) is 10.1 Å². The highest BCUT2D eigenvalue weighted by molar-refractivity contribution is 5.85. The largest absolute Gasteiger partial charge is 0.368 e. The molecule has 0 aliphatic carbocycles. The fraction of sp³-hybridized carbons (Fsp3) is 0.188. The Bertz CT molecular complexity index is 557. The zero-order valence-corrected chi connectivity index (χ0v) is 12.2. The zero-order valence-electron chi connectivity index (χ0n) is 11.4. The lowest BCUT2D eigenvalue weighted by Crippen LogP contribution is -2.33. The van der Waals surface area contributed by atoms with Crippen molar-refractivity contribution in [3.8, 4) is 0 Å². The maximum atomic E-state index is 11.5. The van der Waals surface area contributed by atoms with Crippen LogP contribution in [0.1, 0.15) is 22.7 Å². The molecule has 0 fully saturated rings. The lowest BCUT2D eigenvalue weighted by molar-refractivity contribution is -0.120. The summed E-state index contributed by atoms with van der Waals surface area (Å²) in [6.07, 6.45) is 0. The van der Waals surface area contributed by atoms with E-state index >= 15 is 0 Å². The van der Waals surface area contributed by atoms with Crippen LogP contribution in [0.25, 0.3) is 0 Å². The van der Waals surface area contributed by atoms with E-state index in [2.05, 4.69) is 11.4 Å². The van der Waals surface area contributed by atoms with E-state index < -0.39 is 6.04 Å². The Hall–Kier alpha value is -1.84. The number of hydrogen-bond acceptors (Lipinski definition) is 2. The summed E-state index contributed by atoms with van der Waals surface area (Å²) in [6, 6.07) is 17.2. The summed E-state index contributed by atoms with van der Waals surface area (Å²) in [5.41, 5.74) is 8.70. The molecule has 2 rings (SSSR count). The van der Waals surface area contributed by atoms with Crippen molar-refractivity contribution in [3.05, 3.63) is 71.3 Å². The van der Waals surface area contributed by atoms with Crippen molar-refractivity contribution in [2.24, 2.45) is 5.73 Å². The van der Waals surface area contributed by atoms with Gasteiger partial charge in [-0.25, -0.2) is 0 Å². The SMILES string of the molecule is Cc1cccc(CNC(C(N)=O)c2ccccc2)c1.Cl. The van der Waals surface area contributed by atoms with Crippen molar-refractivity contribution in [1.29, 1.82) is 0 Å². The van der Waals surface area contributed by atoms with Crippen LogP contribution in [0.4, 0.5) is 0 Å². The van der Waals surface area contributed by atoms with Gasteiger partial charge in [-0.15, -0.1) is 12.4 Å². The van der Waals surface area contributed by atoms with Crippen LogP contribution in [-0.4, -0.2) is 5.91 Å². The van der Waals surface area contributed by atoms with E-state index in [1.165, 1.54) is 5.56 Å². The second-order valence-corrected chi connectivity index (χ2v) is 4.62. The third-order valence-electron chi connectivity index (χ3n) is 3.01. The van der Waals surface area contributed by atoms with Gasteiger partial charge in [0, 0.05) is 6.54 Å². The summed E-state index contributed by atoms with van der Waals surface area (Å²) < 4.78 is 0. The van der Waals surface area contributed by atoms with Crippen molar-refractivity contribution in [3.63, 3.8) is 0 Å². The maximum absolute atomic E-state index is 11.5. The fourth-order valence-corrected chi connectivity index (χ4v) is 2.07. The number of carbonyl (C=O) groups excluding carboxylic acids is 1. The van der Waals surface area contributed by atoms with Crippen LogP contribution >= 0.6 is 12.4 Å². The molecule has 0 saturated carbocycles. The molecule has 0 saturated heterocycles. The number of amides is 1. The third kappa shape index (κ3) is 4.37. The number of aryl methyl sites for hydroxylation is 1. The van der Waals surface area contributed by atoms with Crippen LogP contribution < -0.4 is 11.1 Å². The van der Waals surface area contributed by atoms with Gasteiger partial charge in [0.2, 0.25) is 5.91 Å². The highest BCUT2D eigenvalue weighted by atomic mass is 35.5. The average molecular weight is 291 g/mol. The number of hydrogen-bond donors (Lipinski definition) is 2. The van der Waals surface area contributed by atoms with E-state index in [9.17, 15) is 4.79 Å². The minimum atomic E-state index is -0.457. The molecule has 0 aliphatic rings. The Balaban J connectivity index is 0.00000200. The van der Waals surface area contributed by atoms with Gasteiger partial charge < -0.3 is 5.73 Å². The Morgan fingerprint density at radius 2 is 1.85 bits per heavy atom. The first-order valence-electron chi connectivity index (χ1n) is 6.30. The lowest BCUT2D eigenvalue weighted by Gasteiger charge is -2.16. The summed E-state index contributed by atoms with van der Waals surface area (Å²) in [5, 5.41) is 3.20. The van der Waals surface area contributed by atoms with Crippen molar-refractivity contribution < 1.29 is 4.79 Å². The van der Waals surface area contributed by atoms with Crippen molar-refractivity contribution in [2.75, 3.05) is 0 Å². The topological polar surface area (TPSA) is 55.1 Å². The maximum Gasteiger partial charge on any atom is 0.239 e. The van der Waals surface area contributed by atoms with Gasteiger partial charge in [-0.05, 0) is 18.1 Å². The Kier molecular flexibility index (Phi) is 6.22. The molecule has 0 bridgehead atoms. The standard InChI is InChI=1S/C16H18N2O.ClH/c1-12-6-5-7-13(10-12)11-18-15(16(17)19)14-8-3-2-4-9-14;/h2-10,15,18H,11H2,1H3,(H2,17,19);1H. The van der Waals surface area contributed by atoms with Gasteiger partial charge in [0.1, 0.15) is 6.04 Å². The van der Waals surface area contributed by atoms with Gasteiger partial charge in [0.25, 0.3) is 0 Å². The number of primary amides is 1. The van der Waals surface area contributed by atoms with E-state index in [4.69, 9.17) is 5.73 Å². The van der Waals surface area contributed by atoms with Crippen molar-refractivity contribution in [1.82, 2.24) is 5.32 Å². The molecule has 3 nitrogen and oxygen atoms in total. The molecular formula is C16H19ClN2O. The molecule has 0 aliphatic heterocycles. The second kappa shape index (κ2) is 7.68. The molecule has 1 unspecified atom stereocenters. The van der Waals surface area contributed by atoms with Gasteiger partial charge in [0.15, 0.2) is 0 Å². The molecule has 106 valence electrons. The minimum Gasteiger partial charge on any atom is -0.368 e. The zero-order chi connectivity index (χ0) is 13.7. The first kappa shape index (κ1) is 16.2. The smallest absolute Gasteiger partial charge is 0.239 e. The number of halogens is 1. The average Bonchev–Trinajstić information content (AvgIpc) is 2.40. The van der Waals surface area contributed by atoms with Crippen LogP contribution in [0, 0.1) is 6.92 Å². The predicted molar refractivity (Wildman–Crippen MR) is 83.6 cm³/mol. The van der Waals surface area contributed by atoms with Crippen LogP contribution in [0.2, 0.25) is 0 Å². The van der Waals surface area contributed by atoms with Crippen LogP contribution in [0.5, 0.6) is 0 Å².